The summed E-state index contributed by atoms with van der Waals surface area (Å²) in [7, 11) is 0. The van der Waals surface area contributed by atoms with Crippen LogP contribution in [0.2, 0.25) is 5.02 Å². The smallest absolute Gasteiger partial charge is 0.269 e. The van der Waals surface area contributed by atoms with Crippen molar-refractivity contribution in [3.05, 3.63) is 63.2 Å². The summed E-state index contributed by atoms with van der Waals surface area (Å²) in [6.45, 7) is 7.71. The quantitative estimate of drug-likeness (QED) is 0.348. The van der Waals surface area contributed by atoms with Crippen molar-refractivity contribution in [1.29, 1.82) is 0 Å². The number of anilines is 2. The molecule has 2 atom stereocenters. The highest BCUT2D eigenvalue weighted by Gasteiger charge is 2.76. The molecule has 2 aliphatic rings. The number of ketones is 1. The fraction of sp³-hybridized carbons (Fsp3) is 0.375. The van der Waals surface area contributed by atoms with E-state index < -0.39 is 21.2 Å². The maximum atomic E-state index is 13.7. The van der Waals surface area contributed by atoms with Crippen LogP contribution in [0.15, 0.2) is 47.6 Å². The Morgan fingerprint density at radius 1 is 1.12 bits per heavy atom. The number of halogens is 1. The summed E-state index contributed by atoms with van der Waals surface area (Å²) in [5.41, 5.74) is 2.55. The molecule has 2 aromatic rings. The minimum Gasteiger partial charge on any atom is -0.325 e. The highest BCUT2D eigenvalue weighted by atomic mass is 35.5. The SMILES string of the molecule is Cc1cc(Cl)ccc1NC(=O)C12CCC(C)(C(=NNc3ccc([N+](=O)[O-])cc3)C1=O)C2(C)C. The maximum Gasteiger partial charge on any atom is 0.269 e. The molecule has 0 saturated heterocycles. The molecule has 0 radical (unpaired) electrons. The fourth-order valence-electron chi connectivity index (χ4n) is 5.25. The average Bonchev–Trinajstić information content (AvgIpc) is 3.04. The van der Waals surface area contributed by atoms with Gasteiger partial charge in [0.1, 0.15) is 11.1 Å². The summed E-state index contributed by atoms with van der Waals surface area (Å²) in [4.78, 5) is 37.7. The van der Waals surface area contributed by atoms with Gasteiger partial charge in [-0.15, -0.1) is 0 Å². The minimum atomic E-state index is -1.25. The van der Waals surface area contributed by atoms with Crippen LogP contribution in [-0.4, -0.2) is 22.3 Å². The van der Waals surface area contributed by atoms with E-state index in [0.29, 0.717) is 35.0 Å². The lowest BCUT2D eigenvalue weighted by molar-refractivity contribution is -0.384. The first-order valence-electron chi connectivity index (χ1n) is 10.6. The molecule has 8 nitrogen and oxygen atoms in total. The Morgan fingerprint density at radius 3 is 2.39 bits per heavy atom. The largest absolute Gasteiger partial charge is 0.325 e. The molecule has 2 fully saturated rings. The number of Topliss-reactive ketones (excluding diaryl/α,β-unsaturated/α-hetero) is 1. The number of nitro groups is 1. The molecule has 1 amide bonds. The number of fused-ring (bicyclic) bond motifs is 2. The highest BCUT2D eigenvalue weighted by Crippen LogP contribution is 2.69. The maximum absolute atomic E-state index is 13.7. The molecule has 4 rings (SSSR count). The molecule has 2 bridgehead atoms. The zero-order valence-electron chi connectivity index (χ0n) is 18.9. The van der Waals surface area contributed by atoms with Gasteiger partial charge in [-0.05, 0) is 61.1 Å². The van der Waals surface area contributed by atoms with Crippen molar-refractivity contribution < 1.29 is 14.5 Å². The van der Waals surface area contributed by atoms with Gasteiger partial charge in [-0.2, -0.15) is 5.10 Å². The molecule has 2 aromatic carbocycles. The van der Waals surface area contributed by atoms with E-state index in [1.54, 1.807) is 18.2 Å². The molecule has 0 aliphatic heterocycles. The second kappa shape index (κ2) is 7.66. The molecule has 0 spiro atoms. The first-order valence-corrected chi connectivity index (χ1v) is 11.0. The molecular weight excluding hydrogens is 444 g/mol. The van der Waals surface area contributed by atoms with Crippen LogP contribution in [0.3, 0.4) is 0 Å². The first kappa shape index (κ1) is 22.9. The number of nitrogens with zero attached hydrogens (tertiary/aromatic N) is 2. The number of benzene rings is 2. The molecule has 9 heteroatoms. The van der Waals surface area contributed by atoms with Gasteiger partial charge in [0.15, 0.2) is 5.78 Å². The van der Waals surface area contributed by atoms with E-state index in [9.17, 15) is 19.7 Å². The second-order valence-electron chi connectivity index (χ2n) is 9.48. The van der Waals surface area contributed by atoms with Gasteiger partial charge in [0, 0.05) is 28.3 Å². The van der Waals surface area contributed by atoms with Crippen LogP contribution in [0.4, 0.5) is 17.1 Å². The molecule has 0 heterocycles. The molecular formula is C24H25ClN4O4. The zero-order chi connectivity index (χ0) is 24.2. The Hall–Kier alpha value is -3.26. The van der Waals surface area contributed by atoms with Gasteiger partial charge in [0.2, 0.25) is 5.91 Å². The van der Waals surface area contributed by atoms with E-state index in [0.717, 1.165) is 5.56 Å². The van der Waals surface area contributed by atoms with Gasteiger partial charge >= 0.3 is 0 Å². The van der Waals surface area contributed by atoms with Crippen molar-refractivity contribution in [3.8, 4) is 0 Å². The van der Waals surface area contributed by atoms with Crippen molar-refractivity contribution in [2.45, 2.75) is 40.5 Å². The second-order valence-corrected chi connectivity index (χ2v) is 9.92. The Bertz CT molecular complexity index is 1210. The van der Waals surface area contributed by atoms with Crippen LogP contribution in [0.1, 0.15) is 39.2 Å². The third kappa shape index (κ3) is 3.23. The molecule has 2 saturated carbocycles. The lowest BCUT2D eigenvalue weighted by Gasteiger charge is -2.37. The van der Waals surface area contributed by atoms with E-state index in [1.807, 2.05) is 27.7 Å². The molecule has 2 aliphatic carbocycles. The lowest BCUT2D eigenvalue weighted by Crippen LogP contribution is -2.47. The van der Waals surface area contributed by atoms with Crippen LogP contribution in [0.25, 0.3) is 0 Å². The Kier molecular flexibility index (Phi) is 5.32. The van der Waals surface area contributed by atoms with Crippen molar-refractivity contribution >= 4 is 46.1 Å². The Labute approximate surface area is 196 Å². The van der Waals surface area contributed by atoms with Crippen LogP contribution in [-0.2, 0) is 9.59 Å². The number of hydrogen-bond acceptors (Lipinski definition) is 6. The van der Waals surface area contributed by atoms with Crippen molar-refractivity contribution in [2.75, 3.05) is 10.7 Å². The van der Waals surface area contributed by atoms with Crippen LogP contribution < -0.4 is 10.7 Å². The first-order chi connectivity index (χ1) is 15.4. The Morgan fingerprint density at radius 2 is 1.79 bits per heavy atom. The average molecular weight is 469 g/mol. The van der Waals surface area contributed by atoms with E-state index >= 15 is 0 Å². The van der Waals surface area contributed by atoms with Gasteiger partial charge < -0.3 is 5.32 Å². The van der Waals surface area contributed by atoms with Gasteiger partial charge in [-0.25, -0.2) is 0 Å². The van der Waals surface area contributed by atoms with Gasteiger partial charge in [0.25, 0.3) is 5.69 Å². The highest BCUT2D eigenvalue weighted by molar-refractivity contribution is 6.51. The number of carbonyl (C=O) groups excluding carboxylic acids is 2. The number of rotatable bonds is 5. The topological polar surface area (TPSA) is 114 Å². The summed E-state index contributed by atoms with van der Waals surface area (Å²) in [5.74, 6) is -0.632. The third-order valence-electron chi connectivity index (χ3n) is 7.77. The predicted octanol–water partition coefficient (Wildman–Crippen LogP) is 5.36. The summed E-state index contributed by atoms with van der Waals surface area (Å²) < 4.78 is 0. The standard InChI is InChI=1S/C24H25ClN4O4/c1-14-13-15(25)5-10-18(14)26-21(31)24-12-11-23(4,22(24,2)3)19(20(24)30)28-27-16-6-8-17(9-7-16)29(32)33/h5-10,13,27H,11-12H2,1-4H3,(H,26,31). The van der Waals surface area contributed by atoms with Crippen molar-refractivity contribution in [3.63, 3.8) is 0 Å². The van der Waals surface area contributed by atoms with E-state index in [2.05, 4.69) is 15.8 Å². The van der Waals surface area contributed by atoms with Crippen molar-refractivity contribution in [2.24, 2.45) is 21.3 Å². The monoisotopic (exact) mass is 468 g/mol. The van der Waals surface area contributed by atoms with E-state index in [4.69, 9.17) is 11.6 Å². The molecule has 0 aromatic heterocycles. The Balaban J connectivity index is 1.66. The number of carbonyl (C=O) groups is 2. The van der Waals surface area contributed by atoms with Crippen LogP contribution in [0, 0.1) is 33.3 Å². The molecule has 2 N–H and O–H groups in total. The number of nitrogens with one attached hydrogen (secondary N) is 2. The fourth-order valence-corrected chi connectivity index (χ4v) is 5.47. The molecule has 2 unspecified atom stereocenters. The number of aryl methyl sites for hydroxylation is 1. The molecule has 33 heavy (non-hydrogen) atoms. The number of amides is 1. The summed E-state index contributed by atoms with van der Waals surface area (Å²) in [5, 5.41) is 18.8. The number of nitro benzene ring substituents is 1. The van der Waals surface area contributed by atoms with Gasteiger partial charge in [-0.1, -0.05) is 32.4 Å². The summed E-state index contributed by atoms with van der Waals surface area (Å²) in [6, 6.07) is 11.0. The number of hydrogen-bond donors (Lipinski definition) is 2. The predicted molar refractivity (Wildman–Crippen MR) is 128 cm³/mol. The van der Waals surface area contributed by atoms with E-state index in [-0.39, 0.29) is 17.4 Å². The van der Waals surface area contributed by atoms with E-state index in [1.165, 1.54) is 24.3 Å². The van der Waals surface area contributed by atoms with Crippen LogP contribution in [0.5, 0.6) is 0 Å². The van der Waals surface area contributed by atoms with Gasteiger partial charge in [-0.3, -0.25) is 25.1 Å². The third-order valence-corrected chi connectivity index (χ3v) is 8.01. The number of hydrazone groups is 1. The van der Waals surface area contributed by atoms with Crippen molar-refractivity contribution in [1.82, 2.24) is 0 Å². The normalized spacial score (nSPS) is 26.5. The molecule has 172 valence electrons. The zero-order valence-corrected chi connectivity index (χ0v) is 19.6. The van der Waals surface area contributed by atoms with Gasteiger partial charge in [0.05, 0.1) is 10.6 Å². The number of non-ortho nitro benzene ring substituents is 1. The summed E-state index contributed by atoms with van der Waals surface area (Å²) in [6.07, 6.45) is 1.07. The summed E-state index contributed by atoms with van der Waals surface area (Å²) >= 11 is 6.03. The lowest BCUT2D eigenvalue weighted by atomic mass is 9.64. The van der Waals surface area contributed by atoms with Crippen LogP contribution >= 0.6 is 11.6 Å². The minimum absolute atomic E-state index is 0.0367.